The SMILES string of the molecule is CC(NC(=O)CNc1cccc(C(F)(F)F)c1)c1ccccc1. The third-order valence-electron chi connectivity index (χ3n) is 3.32. The monoisotopic (exact) mass is 322 g/mol. The number of amides is 1. The highest BCUT2D eigenvalue weighted by Crippen LogP contribution is 2.30. The van der Waals surface area contributed by atoms with Crippen LogP contribution < -0.4 is 10.6 Å². The first kappa shape index (κ1) is 16.9. The van der Waals surface area contributed by atoms with Crippen molar-refractivity contribution in [3.63, 3.8) is 0 Å². The van der Waals surface area contributed by atoms with Crippen molar-refractivity contribution < 1.29 is 18.0 Å². The first-order valence-corrected chi connectivity index (χ1v) is 7.11. The average Bonchev–Trinajstić information content (AvgIpc) is 2.53. The summed E-state index contributed by atoms with van der Waals surface area (Å²) < 4.78 is 37.9. The number of rotatable bonds is 5. The van der Waals surface area contributed by atoms with Gasteiger partial charge in [-0.25, -0.2) is 0 Å². The fraction of sp³-hybridized carbons (Fsp3) is 0.235. The molecule has 0 heterocycles. The number of hydrogen-bond acceptors (Lipinski definition) is 2. The first-order chi connectivity index (χ1) is 10.9. The molecular weight excluding hydrogens is 305 g/mol. The molecule has 23 heavy (non-hydrogen) atoms. The zero-order chi connectivity index (χ0) is 16.9. The number of nitrogens with one attached hydrogen (secondary N) is 2. The predicted octanol–water partition coefficient (Wildman–Crippen LogP) is 3.99. The Labute approximate surface area is 132 Å². The van der Waals surface area contributed by atoms with Crippen LogP contribution in [0.2, 0.25) is 0 Å². The number of alkyl halides is 3. The number of anilines is 1. The van der Waals surface area contributed by atoms with Gasteiger partial charge >= 0.3 is 6.18 Å². The molecule has 2 N–H and O–H groups in total. The zero-order valence-electron chi connectivity index (χ0n) is 12.5. The van der Waals surface area contributed by atoms with E-state index in [-0.39, 0.29) is 24.2 Å². The van der Waals surface area contributed by atoms with Crippen molar-refractivity contribution >= 4 is 11.6 Å². The number of halogens is 3. The van der Waals surface area contributed by atoms with Crippen LogP contribution in [0, 0.1) is 0 Å². The Morgan fingerprint density at radius 1 is 1.09 bits per heavy atom. The van der Waals surface area contributed by atoms with Gasteiger partial charge in [-0.1, -0.05) is 36.4 Å². The van der Waals surface area contributed by atoms with Crippen LogP contribution in [-0.4, -0.2) is 12.5 Å². The molecule has 0 radical (unpaired) electrons. The maximum Gasteiger partial charge on any atom is 0.416 e. The molecule has 0 aliphatic heterocycles. The van der Waals surface area contributed by atoms with E-state index in [1.165, 1.54) is 12.1 Å². The minimum atomic E-state index is -4.40. The van der Waals surface area contributed by atoms with Crippen LogP contribution in [0.25, 0.3) is 0 Å². The number of hydrogen-bond donors (Lipinski definition) is 2. The Kier molecular flexibility index (Phi) is 5.26. The van der Waals surface area contributed by atoms with Crippen molar-refractivity contribution in [3.8, 4) is 0 Å². The van der Waals surface area contributed by atoms with Crippen molar-refractivity contribution in [1.82, 2.24) is 5.32 Å². The van der Waals surface area contributed by atoms with Crippen molar-refractivity contribution in [1.29, 1.82) is 0 Å². The van der Waals surface area contributed by atoms with Crippen molar-refractivity contribution in [2.45, 2.75) is 19.1 Å². The lowest BCUT2D eigenvalue weighted by Crippen LogP contribution is -2.32. The molecule has 0 aliphatic rings. The van der Waals surface area contributed by atoms with Crippen LogP contribution in [0.1, 0.15) is 24.1 Å². The van der Waals surface area contributed by atoms with E-state index in [0.29, 0.717) is 0 Å². The van der Waals surface area contributed by atoms with Gasteiger partial charge in [0.05, 0.1) is 18.2 Å². The van der Waals surface area contributed by atoms with Gasteiger partial charge < -0.3 is 10.6 Å². The molecule has 6 heteroatoms. The van der Waals surface area contributed by atoms with Crippen molar-refractivity contribution in [2.75, 3.05) is 11.9 Å². The van der Waals surface area contributed by atoms with Gasteiger partial charge in [0.15, 0.2) is 0 Å². The lowest BCUT2D eigenvalue weighted by atomic mass is 10.1. The second kappa shape index (κ2) is 7.17. The summed E-state index contributed by atoms with van der Waals surface area (Å²) in [6.07, 6.45) is -4.40. The molecule has 3 nitrogen and oxygen atoms in total. The topological polar surface area (TPSA) is 41.1 Å². The highest BCUT2D eigenvalue weighted by Gasteiger charge is 2.30. The third kappa shape index (κ3) is 5.02. The molecule has 2 rings (SSSR count). The fourth-order valence-electron chi connectivity index (χ4n) is 2.11. The van der Waals surface area contributed by atoms with Crippen molar-refractivity contribution in [3.05, 3.63) is 65.7 Å². The van der Waals surface area contributed by atoms with E-state index >= 15 is 0 Å². The molecule has 122 valence electrons. The number of carbonyl (C=O) groups excluding carboxylic acids is 1. The lowest BCUT2D eigenvalue weighted by Gasteiger charge is -2.15. The van der Waals surface area contributed by atoms with Gasteiger partial charge in [-0.2, -0.15) is 13.2 Å². The molecule has 0 fully saturated rings. The second-order valence-corrected chi connectivity index (χ2v) is 5.13. The molecule has 2 aromatic carbocycles. The molecule has 0 aliphatic carbocycles. The minimum Gasteiger partial charge on any atom is -0.376 e. The lowest BCUT2D eigenvalue weighted by molar-refractivity contribution is -0.137. The Morgan fingerprint density at radius 2 is 1.78 bits per heavy atom. The van der Waals surface area contributed by atoms with E-state index in [4.69, 9.17) is 0 Å². The smallest absolute Gasteiger partial charge is 0.376 e. The fourth-order valence-corrected chi connectivity index (χ4v) is 2.11. The highest BCUT2D eigenvalue weighted by atomic mass is 19.4. The summed E-state index contributed by atoms with van der Waals surface area (Å²) in [6, 6.07) is 14.0. The summed E-state index contributed by atoms with van der Waals surface area (Å²) in [5.41, 5.74) is 0.461. The Morgan fingerprint density at radius 3 is 2.43 bits per heavy atom. The van der Waals surface area contributed by atoms with E-state index in [0.717, 1.165) is 17.7 Å². The van der Waals surface area contributed by atoms with Gasteiger partial charge in [0.2, 0.25) is 5.91 Å². The molecule has 0 saturated carbocycles. The Bertz CT molecular complexity index is 656. The van der Waals surface area contributed by atoms with E-state index in [1.807, 2.05) is 37.3 Å². The normalized spacial score (nSPS) is 12.5. The van der Waals surface area contributed by atoms with Crippen LogP contribution in [-0.2, 0) is 11.0 Å². The van der Waals surface area contributed by atoms with Gasteiger partial charge in [0.25, 0.3) is 0 Å². The first-order valence-electron chi connectivity index (χ1n) is 7.11. The maximum atomic E-state index is 12.6. The van der Waals surface area contributed by atoms with E-state index in [1.54, 1.807) is 0 Å². The molecule has 0 aromatic heterocycles. The predicted molar refractivity (Wildman–Crippen MR) is 82.9 cm³/mol. The molecular formula is C17H17F3N2O. The zero-order valence-corrected chi connectivity index (χ0v) is 12.5. The summed E-state index contributed by atoms with van der Waals surface area (Å²) >= 11 is 0. The molecule has 0 saturated heterocycles. The second-order valence-electron chi connectivity index (χ2n) is 5.13. The summed E-state index contributed by atoms with van der Waals surface area (Å²) in [6.45, 7) is 1.75. The van der Waals surface area contributed by atoms with Crippen LogP contribution >= 0.6 is 0 Å². The van der Waals surface area contributed by atoms with Crippen molar-refractivity contribution in [2.24, 2.45) is 0 Å². The van der Waals surface area contributed by atoms with Crippen LogP contribution in [0.3, 0.4) is 0 Å². The van der Waals surface area contributed by atoms with Gasteiger partial charge in [-0.15, -0.1) is 0 Å². The van der Waals surface area contributed by atoms with Gasteiger partial charge in [-0.05, 0) is 30.7 Å². The van der Waals surface area contributed by atoms with Crippen LogP contribution in [0.15, 0.2) is 54.6 Å². The Hall–Kier alpha value is -2.50. The summed E-state index contributed by atoms with van der Waals surface area (Å²) in [7, 11) is 0. The molecule has 1 unspecified atom stereocenters. The molecule has 1 amide bonds. The molecule has 0 bridgehead atoms. The van der Waals surface area contributed by atoms with Gasteiger partial charge in [-0.3, -0.25) is 4.79 Å². The molecule has 1 atom stereocenters. The van der Waals surface area contributed by atoms with E-state index in [9.17, 15) is 18.0 Å². The largest absolute Gasteiger partial charge is 0.416 e. The van der Waals surface area contributed by atoms with Crippen LogP contribution in [0.4, 0.5) is 18.9 Å². The highest BCUT2D eigenvalue weighted by molar-refractivity contribution is 5.81. The standard InChI is InChI=1S/C17H17F3N2O/c1-12(13-6-3-2-4-7-13)22-16(23)11-21-15-9-5-8-14(10-15)17(18,19)20/h2-10,12,21H,11H2,1H3,(H,22,23). The minimum absolute atomic E-state index is 0.0987. The summed E-state index contributed by atoms with van der Waals surface area (Å²) in [5, 5.41) is 5.49. The van der Waals surface area contributed by atoms with E-state index < -0.39 is 11.7 Å². The summed E-state index contributed by atoms with van der Waals surface area (Å²) in [5.74, 6) is -0.293. The Balaban J connectivity index is 1.90. The average molecular weight is 322 g/mol. The summed E-state index contributed by atoms with van der Waals surface area (Å²) in [4.78, 5) is 11.9. The maximum absolute atomic E-state index is 12.6. The van der Waals surface area contributed by atoms with E-state index in [2.05, 4.69) is 10.6 Å². The molecule has 0 spiro atoms. The quantitative estimate of drug-likeness (QED) is 0.874. The molecule has 2 aromatic rings. The third-order valence-corrected chi connectivity index (χ3v) is 3.32. The number of carbonyl (C=O) groups is 1. The van der Waals surface area contributed by atoms with Gasteiger partial charge in [0, 0.05) is 5.69 Å². The van der Waals surface area contributed by atoms with Crippen LogP contribution in [0.5, 0.6) is 0 Å². The van der Waals surface area contributed by atoms with Gasteiger partial charge in [0.1, 0.15) is 0 Å². The number of benzene rings is 2.